The van der Waals surface area contributed by atoms with Crippen molar-refractivity contribution in [2.75, 3.05) is 18.7 Å². The van der Waals surface area contributed by atoms with Crippen LogP contribution in [0.25, 0.3) is 0 Å². The van der Waals surface area contributed by atoms with Gasteiger partial charge in [0.1, 0.15) is 31.1 Å². The maximum Gasteiger partial charge on any atom is 0.288 e. The van der Waals surface area contributed by atoms with Crippen molar-refractivity contribution in [2.45, 2.75) is 34.7 Å². The molecular formula is C13H22N2O11S2. The standard InChI is InChI=1S/C13H22N2O11S2/c16-5-9(18)10(19)11(20)12(21)13(28(24,25)26)15-7-1-3-8(4-2-7)27(22,23)14-6-17/h1-4,9-21H,5-6H2,(H,24,25,26)/t9-,10-,11+,12-,13+/m1/s1. The summed E-state index contributed by atoms with van der Waals surface area (Å²) in [4.78, 5) is -0.280. The molecule has 28 heavy (non-hydrogen) atoms. The Hall–Kier alpha value is -1.40. The van der Waals surface area contributed by atoms with Crippen LogP contribution in [0.3, 0.4) is 0 Å². The van der Waals surface area contributed by atoms with Crippen LogP contribution in [0, 0.1) is 0 Å². The molecule has 5 atom stereocenters. The summed E-state index contributed by atoms with van der Waals surface area (Å²) in [5.74, 6) is 0. The third-order valence-electron chi connectivity index (χ3n) is 3.64. The van der Waals surface area contributed by atoms with Crippen LogP contribution in [-0.2, 0) is 20.1 Å². The lowest BCUT2D eigenvalue weighted by atomic mass is 10.0. The third kappa shape index (κ3) is 6.31. The van der Waals surface area contributed by atoms with E-state index in [1.54, 1.807) is 0 Å². The van der Waals surface area contributed by atoms with E-state index in [0.29, 0.717) is 0 Å². The topological polar surface area (TPSA) is 234 Å². The van der Waals surface area contributed by atoms with Crippen LogP contribution in [0.15, 0.2) is 29.2 Å². The first-order valence-corrected chi connectivity index (χ1v) is 10.6. The Bertz CT molecular complexity index is 829. The summed E-state index contributed by atoms with van der Waals surface area (Å²) in [6.07, 6.45) is -8.67. The predicted molar refractivity (Wildman–Crippen MR) is 93.9 cm³/mol. The summed E-state index contributed by atoms with van der Waals surface area (Å²) in [7, 11) is -9.07. The molecule has 0 aromatic heterocycles. The highest BCUT2D eigenvalue weighted by Crippen LogP contribution is 2.19. The Morgan fingerprint density at radius 2 is 1.39 bits per heavy atom. The Balaban J connectivity index is 3.08. The van der Waals surface area contributed by atoms with Crippen LogP contribution < -0.4 is 10.0 Å². The molecule has 13 nitrogen and oxygen atoms in total. The second-order valence-electron chi connectivity index (χ2n) is 5.63. The van der Waals surface area contributed by atoms with Crippen molar-refractivity contribution >= 4 is 25.8 Å². The summed E-state index contributed by atoms with van der Waals surface area (Å²) < 4.78 is 57.6. The molecule has 0 aliphatic rings. The quantitative estimate of drug-likeness (QED) is 0.117. The first-order valence-electron chi connectivity index (χ1n) is 7.61. The average Bonchev–Trinajstić information content (AvgIpc) is 2.63. The van der Waals surface area contributed by atoms with Gasteiger partial charge < -0.3 is 36.0 Å². The van der Waals surface area contributed by atoms with Crippen LogP contribution in [0.1, 0.15) is 0 Å². The molecule has 15 heteroatoms. The molecule has 0 aliphatic heterocycles. The highest BCUT2D eigenvalue weighted by Gasteiger charge is 2.40. The number of rotatable bonds is 11. The minimum Gasteiger partial charge on any atom is -0.394 e. The monoisotopic (exact) mass is 446 g/mol. The van der Waals surface area contributed by atoms with Crippen molar-refractivity contribution in [3.05, 3.63) is 24.3 Å². The molecule has 1 aromatic rings. The molecule has 0 amide bonds. The number of aliphatic hydroxyl groups is 6. The molecule has 1 rings (SSSR count). The molecule has 0 fully saturated rings. The minimum absolute atomic E-state index is 0.103. The highest BCUT2D eigenvalue weighted by atomic mass is 32.2. The highest BCUT2D eigenvalue weighted by molar-refractivity contribution is 7.89. The van der Waals surface area contributed by atoms with Crippen molar-refractivity contribution in [3.8, 4) is 0 Å². The molecule has 0 aliphatic carbocycles. The van der Waals surface area contributed by atoms with E-state index in [-0.39, 0.29) is 10.6 Å². The van der Waals surface area contributed by atoms with Gasteiger partial charge in [-0.2, -0.15) is 13.1 Å². The molecule has 0 unspecified atom stereocenters. The summed E-state index contributed by atoms with van der Waals surface area (Å²) in [6.45, 7) is -1.84. The zero-order valence-corrected chi connectivity index (χ0v) is 15.8. The lowest BCUT2D eigenvalue weighted by Gasteiger charge is -2.30. The molecule has 0 spiro atoms. The predicted octanol–water partition coefficient (Wildman–Crippen LogP) is -4.02. The smallest absolute Gasteiger partial charge is 0.288 e. The molecule has 0 bridgehead atoms. The zero-order valence-electron chi connectivity index (χ0n) is 14.2. The number of benzene rings is 1. The van der Waals surface area contributed by atoms with E-state index in [9.17, 15) is 41.8 Å². The molecule has 0 heterocycles. The van der Waals surface area contributed by atoms with Crippen molar-refractivity contribution in [3.63, 3.8) is 0 Å². The van der Waals surface area contributed by atoms with E-state index >= 15 is 0 Å². The first kappa shape index (κ1) is 24.6. The van der Waals surface area contributed by atoms with Crippen molar-refractivity contribution in [1.29, 1.82) is 0 Å². The first-order chi connectivity index (χ1) is 12.8. The van der Waals surface area contributed by atoms with Gasteiger partial charge in [-0.3, -0.25) is 4.55 Å². The number of hydrogen-bond acceptors (Lipinski definition) is 11. The molecule has 0 saturated carbocycles. The molecule has 1 aromatic carbocycles. The van der Waals surface area contributed by atoms with Crippen molar-refractivity contribution < 1.29 is 52.0 Å². The molecule has 9 N–H and O–H groups in total. The van der Waals surface area contributed by atoms with Gasteiger partial charge in [0.05, 0.1) is 11.5 Å². The van der Waals surface area contributed by atoms with E-state index < -0.39 is 63.3 Å². The van der Waals surface area contributed by atoms with Gasteiger partial charge in [0.2, 0.25) is 10.0 Å². The molecule has 0 saturated heterocycles. The van der Waals surface area contributed by atoms with E-state index in [4.69, 9.17) is 10.2 Å². The number of aliphatic hydroxyl groups excluding tert-OH is 6. The normalized spacial score (nSPS) is 18.1. The molecule has 162 valence electrons. The Morgan fingerprint density at radius 3 is 1.82 bits per heavy atom. The summed E-state index contributed by atoms with van der Waals surface area (Å²) in [5.41, 5.74) is -0.103. The van der Waals surface area contributed by atoms with Crippen LogP contribution in [0.4, 0.5) is 5.69 Å². The number of anilines is 1. The van der Waals surface area contributed by atoms with Gasteiger partial charge in [0.25, 0.3) is 10.1 Å². The fourth-order valence-electron chi connectivity index (χ4n) is 2.12. The fourth-order valence-corrected chi connectivity index (χ4v) is 3.75. The Morgan fingerprint density at radius 1 is 0.857 bits per heavy atom. The lowest BCUT2D eigenvalue weighted by Crippen LogP contribution is -2.54. The summed E-state index contributed by atoms with van der Waals surface area (Å²) >= 11 is 0. The second kappa shape index (κ2) is 9.88. The minimum atomic E-state index is -5.06. The van der Waals surface area contributed by atoms with Crippen molar-refractivity contribution in [1.82, 2.24) is 4.72 Å². The van der Waals surface area contributed by atoms with Crippen LogP contribution in [0.5, 0.6) is 0 Å². The van der Waals surface area contributed by atoms with Gasteiger partial charge in [0, 0.05) is 5.69 Å². The number of hydrogen-bond donors (Lipinski definition) is 9. The van der Waals surface area contributed by atoms with Crippen LogP contribution in [-0.4, -0.2) is 95.2 Å². The zero-order chi connectivity index (χ0) is 21.7. The lowest BCUT2D eigenvalue weighted by molar-refractivity contribution is -0.114. The average molecular weight is 446 g/mol. The number of nitrogens with one attached hydrogen (secondary N) is 2. The summed E-state index contributed by atoms with van der Waals surface area (Å²) in [5, 5.41) is 56.0. The van der Waals surface area contributed by atoms with Gasteiger partial charge in [-0.1, -0.05) is 0 Å². The number of sulfonamides is 1. The van der Waals surface area contributed by atoms with Gasteiger partial charge >= 0.3 is 0 Å². The Labute approximate surface area is 160 Å². The SMILES string of the molecule is O=S(=O)(NCO)c1ccc(N[C@H]([C@H](O)[C@@H](O)[C@H](O)[C@H](O)CO)S(=O)(=O)O)cc1. The second-order valence-corrected chi connectivity index (χ2v) is 8.94. The molecular weight excluding hydrogens is 424 g/mol. The summed E-state index contributed by atoms with van der Waals surface area (Å²) in [6, 6.07) is 4.19. The van der Waals surface area contributed by atoms with Crippen LogP contribution in [0.2, 0.25) is 0 Å². The largest absolute Gasteiger partial charge is 0.394 e. The van der Waals surface area contributed by atoms with Crippen molar-refractivity contribution in [2.24, 2.45) is 0 Å². The van der Waals surface area contributed by atoms with E-state index in [1.165, 1.54) is 0 Å². The molecule has 0 radical (unpaired) electrons. The maximum atomic E-state index is 11.7. The van der Waals surface area contributed by atoms with Gasteiger partial charge in [-0.25, -0.2) is 8.42 Å². The Kier molecular flexibility index (Phi) is 8.69. The fraction of sp³-hybridized carbons (Fsp3) is 0.538. The van der Waals surface area contributed by atoms with E-state index in [1.807, 2.05) is 4.72 Å². The van der Waals surface area contributed by atoms with Crippen LogP contribution >= 0.6 is 0 Å². The van der Waals surface area contributed by atoms with Gasteiger partial charge in [-0.05, 0) is 24.3 Å². The van der Waals surface area contributed by atoms with E-state index in [0.717, 1.165) is 24.3 Å². The van der Waals surface area contributed by atoms with E-state index in [2.05, 4.69) is 5.32 Å². The van der Waals surface area contributed by atoms with Gasteiger partial charge in [-0.15, -0.1) is 0 Å². The van der Waals surface area contributed by atoms with Gasteiger partial charge in [0.15, 0.2) is 5.37 Å². The third-order valence-corrected chi connectivity index (χ3v) is 6.08. The maximum absolute atomic E-state index is 11.7.